The van der Waals surface area contributed by atoms with Crippen molar-refractivity contribution < 1.29 is 19.1 Å². The molecule has 3 rings (SSSR count). The number of aromatic nitrogens is 5. The molecule has 0 spiro atoms. The van der Waals surface area contributed by atoms with Crippen LogP contribution in [0.5, 0.6) is 0 Å². The van der Waals surface area contributed by atoms with Gasteiger partial charge in [0.2, 0.25) is 5.91 Å². The monoisotopic (exact) mass is 566 g/mol. The Balaban J connectivity index is 1.76. The van der Waals surface area contributed by atoms with Crippen LogP contribution in [0.1, 0.15) is 44.6 Å². The van der Waals surface area contributed by atoms with Gasteiger partial charge in [-0.25, -0.2) is 19.7 Å². The van der Waals surface area contributed by atoms with Crippen molar-refractivity contribution in [2.75, 3.05) is 33.5 Å². The lowest BCUT2D eigenvalue weighted by molar-refractivity contribution is -0.125. The number of nitrogens with one attached hydrogen (secondary N) is 2. The van der Waals surface area contributed by atoms with Gasteiger partial charge in [-0.05, 0) is 49.8 Å². The number of hydrogen-bond acceptors (Lipinski definition) is 8. The van der Waals surface area contributed by atoms with E-state index in [2.05, 4.69) is 39.1 Å². The van der Waals surface area contributed by atoms with Gasteiger partial charge in [-0.1, -0.05) is 19.9 Å². The molecule has 0 aliphatic carbocycles. The summed E-state index contributed by atoms with van der Waals surface area (Å²) in [5.74, 6) is 0.180. The fourth-order valence-electron chi connectivity index (χ4n) is 3.79. The molecule has 0 aliphatic heterocycles. The smallest absolute Gasteiger partial charge is 0.410 e. The zero-order valence-corrected chi connectivity index (χ0v) is 24.4. The first-order chi connectivity index (χ1) is 19.5. The van der Waals surface area contributed by atoms with Crippen LogP contribution in [-0.4, -0.2) is 86.5 Å². The minimum absolute atomic E-state index is 0.0234. The Morgan fingerprint density at radius 3 is 2.56 bits per heavy atom. The largest absolute Gasteiger partial charge is 0.436 e. The molecule has 0 radical (unpaired) electrons. The number of anilines is 1. The Bertz CT molecular complexity index is 1460. The maximum absolute atomic E-state index is 13.2. The van der Waals surface area contributed by atoms with Gasteiger partial charge in [-0.2, -0.15) is 0 Å². The Labute approximate surface area is 238 Å². The molecule has 0 saturated carbocycles. The third kappa shape index (κ3) is 8.72. The van der Waals surface area contributed by atoms with E-state index in [-0.39, 0.29) is 24.6 Å². The van der Waals surface area contributed by atoms with E-state index in [0.29, 0.717) is 29.3 Å². The molecule has 1 atom stereocenters. The summed E-state index contributed by atoms with van der Waals surface area (Å²) in [6.07, 6.45) is 6.33. The summed E-state index contributed by atoms with van der Waals surface area (Å²) in [4.78, 5) is 69.4. The number of H-pyrrole nitrogens is 1. The summed E-state index contributed by atoms with van der Waals surface area (Å²) in [5.41, 5.74) is 1.68. The van der Waals surface area contributed by atoms with Gasteiger partial charge in [-0.3, -0.25) is 14.4 Å². The van der Waals surface area contributed by atoms with Gasteiger partial charge in [0.1, 0.15) is 23.4 Å². The number of carbonyl (C=O) groups is 3. The number of likely N-dealkylation sites (N-methyl/N-ethyl adjacent to an activating group) is 1. The van der Waals surface area contributed by atoms with E-state index in [9.17, 15) is 19.2 Å². The van der Waals surface area contributed by atoms with E-state index in [0.717, 1.165) is 18.5 Å². The van der Waals surface area contributed by atoms with Crippen LogP contribution in [0.4, 0.5) is 10.5 Å². The Kier molecular flexibility index (Phi) is 10.7. The fraction of sp³-hybridized carbons (Fsp3) is 0.464. The van der Waals surface area contributed by atoms with Crippen molar-refractivity contribution in [3.8, 4) is 0 Å². The highest BCUT2D eigenvalue weighted by Crippen LogP contribution is 2.16. The van der Waals surface area contributed by atoms with Crippen molar-refractivity contribution in [2.45, 2.75) is 52.2 Å². The number of imidazole rings is 1. The third-order valence-electron chi connectivity index (χ3n) is 6.16. The topological polar surface area (TPSA) is 155 Å². The normalized spacial score (nSPS) is 12.1. The van der Waals surface area contributed by atoms with Crippen LogP contribution in [0.25, 0.3) is 11.2 Å². The quantitative estimate of drug-likeness (QED) is 0.317. The van der Waals surface area contributed by atoms with E-state index in [4.69, 9.17) is 4.74 Å². The second kappa shape index (κ2) is 14.2. The molecule has 3 aromatic rings. The Morgan fingerprint density at radius 1 is 1.12 bits per heavy atom. The summed E-state index contributed by atoms with van der Waals surface area (Å²) >= 11 is 0. The minimum atomic E-state index is -1.18. The van der Waals surface area contributed by atoms with Crippen molar-refractivity contribution in [1.82, 2.24) is 34.3 Å². The molecule has 0 fully saturated rings. The van der Waals surface area contributed by atoms with Crippen LogP contribution in [0.3, 0.4) is 0 Å². The van der Waals surface area contributed by atoms with Crippen molar-refractivity contribution in [1.29, 1.82) is 0 Å². The highest BCUT2D eigenvalue weighted by atomic mass is 16.6. The average molecular weight is 567 g/mol. The van der Waals surface area contributed by atoms with Crippen molar-refractivity contribution in [2.24, 2.45) is 5.92 Å². The van der Waals surface area contributed by atoms with E-state index < -0.39 is 23.7 Å². The molecule has 13 heteroatoms. The van der Waals surface area contributed by atoms with Gasteiger partial charge in [0, 0.05) is 34.4 Å². The molecule has 220 valence electrons. The Hall–Kier alpha value is -4.55. The fourth-order valence-corrected chi connectivity index (χ4v) is 3.79. The van der Waals surface area contributed by atoms with Crippen LogP contribution >= 0.6 is 0 Å². The molecule has 0 aliphatic rings. The molecular weight excluding hydrogens is 528 g/mol. The lowest BCUT2D eigenvalue weighted by Gasteiger charge is -2.19. The molecule has 41 heavy (non-hydrogen) atoms. The number of aryl methyl sites for hydroxylation is 1. The van der Waals surface area contributed by atoms with Crippen LogP contribution in [-0.2, 0) is 27.3 Å². The first-order valence-electron chi connectivity index (χ1n) is 13.4. The van der Waals surface area contributed by atoms with Crippen LogP contribution in [0.2, 0.25) is 0 Å². The molecule has 3 aromatic heterocycles. The second-order valence-electron chi connectivity index (χ2n) is 10.5. The van der Waals surface area contributed by atoms with E-state index in [1.807, 2.05) is 0 Å². The van der Waals surface area contributed by atoms with Crippen LogP contribution in [0, 0.1) is 5.92 Å². The number of hydrogen-bond donors (Lipinski definition) is 2. The zero-order chi connectivity index (χ0) is 30.1. The van der Waals surface area contributed by atoms with Gasteiger partial charge in [-0.15, -0.1) is 0 Å². The standard InChI is InChI=1S/C28H38N8O5/c1-18(2)13-14-19-24-25(30-17-29-19)33-22(32-24)16-36-15-9-10-20(27(36)39)31-26(38)21(41-28(40)35(5)6)11-7-8-12-23(37)34(3)4/h8-10,12,15,17-18,21H,7,11,13-14,16H2,1-6H3,(H,31,38)(H,29,30,32,33)/b12-8+. The molecule has 2 N–H and O–H groups in total. The number of aromatic amines is 1. The highest BCUT2D eigenvalue weighted by molar-refractivity contribution is 5.95. The van der Waals surface area contributed by atoms with E-state index in [1.54, 1.807) is 32.4 Å². The lowest BCUT2D eigenvalue weighted by Crippen LogP contribution is -2.37. The molecule has 0 bridgehead atoms. The van der Waals surface area contributed by atoms with Crippen molar-refractivity contribution in [3.63, 3.8) is 0 Å². The van der Waals surface area contributed by atoms with E-state index in [1.165, 1.54) is 46.9 Å². The average Bonchev–Trinajstić information content (AvgIpc) is 3.34. The predicted octanol–water partition coefficient (Wildman–Crippen LogP) is 2.58. The molecule has 13 nitrogen and oxygen atoms in total. The van der Waals surface area contributed by atoms with Gasteiger partial charge < -0.3 is 29.4 Å². The number of rotatable bonds is 12. The van der Waals surface area contributed by atoms with Gasteiger partial charge in [0.25, 0.3) is 11.5 Å². The minimum Gasteiger partial charge on any atom is -0.436 e. The highest BCUT2D eigenvalue weighted by Gasteiger charge is 2.24. The number of nitrogens with zero attached hydrogens (tertiary/aromatic N) is 6. The second-order valence-corrected chi connectivity index (χ2v) is 10.5. The zero-order valence-electron chi connectivity index (χ0n) is 24.4. The van der Waals surface area contributed by atoms with Crippen molar-refractivity contribution in [3.05, 3.63) is 58.7 Å². The van der Waals surface area contributed by atoms with Crippen LogP contribution < -0.4 is 10.9 Å². The summed E-state index contributed by atoms with van der Waals surface area (Å²) in [6, 6.07) is 3.11. The van der Waals surface area contributed by atoms with Gasteiger partial charge >= 0.3 is 6.09 Å². The molecular formula is C28H38N8O5. The number of ether oxygens (including phenoxy) is 1. The summed E-state index contributed by atoms with van der Waals surface area (Å²) < 4.78 is 6.76. The number of pyridine rings is 1. The van der Waals surface area contributed by atoms with Crippen LogP contribution in [0.15, 0.2) is 41.6 Å². The first-order valence-corrected chi connectivity index (χ1v) is 13.4. The molecule has 1 unspecified atom stereocenters. The summed E-state index contributed by atoms with van der Waals surface area (Å²) in [7, 11) is 6.25. The SMILES string of the molecule is CC(C)CCc1ncnc2[nH]c(Cn3cccc(NC(=O)C(CC/C=C/C(=O)N(C)C)OC(=O)N(C)C)c3=O)nc12. The molecule has 0 aromatic carbocycles. The predicted molar refractivity (Wildman–Crippen MR) is 154 cm³/mol. The summed E-state index contributed by atoms with van der Waals surface area (Å²) in [6.45, 7) is 4.41. The molecule has 3 amide bonds. The maximum atomic E-state index is 13.2. The van der Waals surface area contributed by atoms with E-state index >= 15 is 0 Å². The number of allylic oxidation sites excluding steroid dienone is 1. The first kappa shape index (κ1) is 31.0. The summed E-state index contributed by atoms with van der Waals surface area (Å²) in [5, 5.41) is 2.59. The van der Waals surface area contributed by atoms with Gasteiger partial charge in [0.05, 0.1) is 12.2 Å². The lowest BCUT2D eigenvalue weighted by atomic mass is 10.1. The molecule has 0 saturated heterocycles. The molecule has 3 heterocycles. The number of carbonyl (C=O) groups excluding carboxylic acids is 3. The van der Waals surface area contributed by atoms with Gasteiger partial charge in [0.15, 0.2) is 11.8 Å². The Morgan fingerprint density at radius 2 is 1.88 bits per heavy atom. The number of fused-ring (bicyclic) bond motifs is 1. The third-order valence-corrected chi connectivity index (χ3v) is 6.16. The maximum Gasteiger partial charge on any atom is 0.410 e. The number of amides is 3. The van der Waals surface area contributed by atoms with Crippen molar-refractivity contribution >= 4 is 34.8 Å².